The lowest BCUT2D eigenvalue weighted by atomic mass is 10.1. The summed E-state index contributed by atoms with van der Waals surface area (Å²) in [6.45, 7) is 0. The zero-order chi connectivity index (χ0) is 10.8. The maximum atomic E-state index is 5.26. The largest absolute Gasteiger partial charge is 0.327 e. The van der Waals surface area contributed by atoms with Crippen LogP contribution in [0, 0.1) is 4.77 Å². The summed E-state index contributed by atoms with van der Waals surface area (Å²) in [5.41, 5.74) is 2.56. The molecule has 78 valence electrons. The van der Waals surface area contributed by atoms with Crippen LogP contribution in [0.25, 0.3) is 0 Å². The topological polar surface area (TPSA) is 9.86 Å². The van der Waals surface area contributed by atoms with Gasteiger partial charge in [0.2, 0.25) is 0 Å². The van der Waals surface area contributed by atoms with Crippen molar-refractivity contribution >= 4 is 12.2 Å². The maximum Gasteiger partial charge on any atom is 0.179 e. The smallest absolute Gasteiger partial charge is 0.179 e. The van der Waals surface area contributed by atoms with Crippen LogP contribution in [-0.2, 0) is 20.5 Å². The predicted molar refractivity (Wildman–Crippen MR) is 64.5 cm³/mol. The first-order valence-electron chi connectivity index (χ1n) is 4.93. The third-order valence-electron chi connectivity index (χ3n) is 2.59. The highest BCUT2D eigenvalue weighted by Crippen LogP contribution is 2.09. The maximum absolute atomic E-state index is 5.26. The average molecular weight is 218 g/mol. The van der Waals surface area contributed by atoms with Gasteiger partial charge in [0, 0.05) is 32.4 Å². The molecule has 0 N–H and O–H groups in total. The monoisotopic (exact) mass is 218 g/mol. The van der Waals surface area contributed by atoms with Crippen LogP contribution in [-0.4, -0.2) is 9.13 Å². The Labute approximate surface area is 94.8 Å². The number of imidazole rings is 1. The predicted octanol–water partition coefficient (Wildman–Crippen LogP) is 2.68. The first kappa shape index (κ1) is 10.2. The van der Waals surface area contributed by atoms with Crippen molar-refractivity contribution < 1.29 is 0 Å². The van der Waals surface area contributed by atoms with Crippen molar-refractivity contribution in [2.45, 2.75) is 6.42 Å². The Kier molecular flexibility index (Phi) is 2.73. The van der Waals surface area contributed by atoms with E-state index in [1.807, 2.05) is 24.7 Å². The Bertz CT molecular complexity index is 508. The molecule has 0 aliphatic carbocycles. The molecular weight excluding hydrogens is 204 g/mol. The van der Waals surface area contributed by atoms with Gasteiger partial charge in [-0.3, -0.25) is 0 Å². The SMILES string of the molecule is Cn1cc(Cc2ccccc2)n(C)c1=S. The van der Waals surface area contributed by atoms with Crippen molar-refractivity contribution in [3.8, 4) is 0 Å². The summed E-state index contributed by atoms with van der Waals surface area (Å²) in [5, 5.41) is 0. The second kappa shape index (κ2) is 4.03. The molecule has 0 amide bonds. The zero-order valence-electron chi connectivity index (χ0n) is 8.97. The van der Waals surface area contributed by atoms with Crippen LogP contribution in [0.2, 0.25) is 0 Å². The molecule has 0 bridgehead atoms. The van der Waals surface area contributed by atoms with Gasteiger partial charge in [-0.25, -0.2) is 0 Å². The van der Waals surface area contributed by atoms with Crippen molar-refractivity contribution in [1.29, 1.82) is 0 Å². The molecule has 15 heavy (non-hydrogen) atoms. The van der Waals surface area contributed by atoms with Crippen LogP contribution >= 0.6 is 12.2 Å². The van der Waals surface area contributed by atoms with Crippen molar-refractivity contribution in [3.63, 3.8) is 0 Å². The fourth-order valence-electron chi connectivity index (χ4n) is 1.69. The van der Waals surface area contributed by atoms with E-state index in [0.29, 0.717) is 0 Å². The number of hydrogen-bond acceptors (Lipinski definition) is 1. The standard InChI is InChI=1S/C12H14N2S/c1-13-9-11(14(2)12(13)15)8-10-6-4-3-5-7-10/h3-7,9H,8H2,1-2H3. The van der Waals surface area contributed by atoms with Crippen molar-refractivity contribution in [2.24, 2.45) is 14.1 Å². The van der Waals surface area contributed by atoms with E-state index in [2.05, 4.69) is 35.0 Å². The number of benzene rings is 1. The molecule has 0 saturated heterocycles. The van der Waals surface area contributed by atoms with E-state index in [1.165, 1.54) is 11.3 Å². The minimum absolute atomic E-state index is 0.862. The van der Waals surface area contributed by atoms with Gasteiger partial charge < -0.3 is 9.13 Å². The van der Waals surface area contributed by atoms with Gasteiger partial charge in [-0.2, -0.15) is 0 Å². The summed E-state index contributed by atoms with van der Waals surface area (Å²) in [6.07, 6.45) is 3.02. The second-order valence-electron chi connectivity index (χ2n) is 3.74. The molecule has 3 heteroatoms. The number of hydrogen-bond donors (Lipinski definition) is 0. The number of aryl methyl sites for hydroxylation is 1. The minimum atomic E-state index is 0.862. The van der Waals surface area contributed by atoms with E-state index in [9.17, 15) is 0 Å². The van der Waals surface area contributed by atoms with E-state index in [-0.39, 0.29) is 0 Å². The zero-order valence-corrected chi connectivity index (χ0v) is 9.79. The van der Waals surface area contributed by atoms with Gasteiger partial charge in [-0.15, -0.1) is 0 Å². The first-order valence-corrected chi connectivity index (χ1v) is 5.34. The van der Waals surface area contributed by atoms with Gasteiger partial charge in [0.1, 0.15) is 0 Å². The van der Waals surface area contributed by atoms with Gasteiger partial charge in [0.15, 0.2) is 4.77 Å². The fraction of sp³-hybridized carbons (Fsp3) is 0.250. The molecule has 0 unspecified atom stereocenters. The normalized spacial score (nSPS) is 10.5. The molecule has 0 aliphatic heterocycles. The molecule has 2 rings (SSSR count). The third kappa shape index (κ3) is 2.02. The first-order chi connectivity index (χ1) is 7.18. The molecule has 0 radical (unpaired) electrons. The van der Waals surface area contributed by atoms with E-state index in [0.717, 1.165) is 11.2 Å². The number of nitrogens with zero attached hydrogens (tertiary/aromatic N) is 2. The third-order valence-corrected chi connectivity index (χ3v) is 3.15. The molecule has 0 atom stereocenters. The Morgan fingerprint density at radius 3 is 2.33 bits per heavy atom. The van der Waals surface area contributed by atoms with Crippen LogP contribution in [0.5, 0.6) is 0 Å². The molecule has 1 heterocycles. The highest BCUT2D eigenvalue weighted by molar-refractivity contribution is 7.71. The lowest BCUT2D eigenvalue weighted by molar-refractivity contribution is 0.792. The minimum Gasteiger partial charge on any atom is -0.327 e. The Morgan fingerprint density at radius 2 is 1.80 bits per heavy atom. The highest BCUT2D eigenvalue weighted by atomic mass is 32.1. The van der Waals surface area contributed by atoms with Gasteiger partial charge in [-0.1, -0.05) is 30.3 Å². The van der Waals surface area contributed by atoms with Crippen LogP contribution in [0.15, 0.2) is 36.5 Å². The molecule has 0 aliphatic rings. The molecule has 0 saturated carbocycles. The van der Waals surface area contributed by atoms with E-state index in [4.69, 9.17) is 12.2 Å². The summed E-state index contributed by atoms with van der Waals surface area (Å²) in [5.74, 6) is 0. The summed E-state index contributed by atoms with van der Waals surface area (Å²) in [7, 11) is 4.00. The Balaban J connectivity index is 2.33. The highest BCUT2D eigenvalue weighted by Gasteiger charge is 2.03. The van der Waals surface area contributed by atoms with Gasteiger partial charge in [0.05, 0.1) is 0 Å². The molecule has 1 aromatic carbocycles. The van der Waals surface area contributed by atoms with E-state index in [1.54, 1.807) is 0 Å². The van der Waals surface area contributed by atoms with Crippen molar-refractivity contribution in [3.05, 3.63) is 52.6 Å². The molecule has 2 nitrogen and oxygen atoms in total. The number of aromatic nitrogens is 2. The molecule has 0 spiro atoms. The summed E-state index contributed by atoms with van der Waals surface area (Å²) in [4.78, 5) is 0. The van der Waals surface area contributed by atoms with Gasteiger partial charge >= 0.3 is 0 Å². The van der Waals surface area contributed by atoms with E-state index >= 15 is 0 Å². The Morgan fingerprint density at radius 1 is 1.13 bits per heavy atom. The number of rotatable bonds is 2. The lowest BCUT2D eigenvalue weighted by Crippen LogP contribution is -1.97. The summed E-state index contributed by atoms with van der Waals surface area (Å²) < 4.78 is 4.90. The van der Waals surface area contributed by atoms with Crippen LogP contribution < -0.4 is 0 Å². The molecule has 2 aromatic rings. The summed E-state index contributed by atoms with van der Waals surface area (Å²) >= 11 is 5.26. The van der Waals surface area contributed by atoms with Gasteiger partial charge in [-0.05, 0) is 17.8 Å². The van der Waals surface area contributed by atoms with E-state index < -0.39 is 0 Å². The van der Waals surface area contributed by atoms with Crippen LogP contribution in [0.1, 0.15) is 11.3 Å². The molecular formula is C12H14N2S. The Hall–Kier alpha value is -1.35. The molecule has 0 fully saturated rings. The fourth-order valence-corrected chi connectivity index (χ4v) is 1.86. The van der Waals surface area contributed by atoms with Crippen molar-refractivity contribution in [1.82, 2.24) is 9.13 Å². The second-order valence-corrected chi connectivity index (χ2v) is 4.10. The lowest BCUT2D eigenvalue weighted by Gasteiger charge is -2.01. The average Bonchev–Trinajstić information content (AvgIpc) is 2.48. The summed E-state index contributed by atoms with van der Waals surface area (Å²) in [6, 6.07) is 10.4. The van der Waals surface area contributed by atoms with Crippen LogP contribution in [0.3, 0.4) is 0 Å². The quantitative estimate of drug-likeness (QED) is 0.705. The van der Waals surface area contributed by atoms with Gasteiger partial charge in [0.25, 0.3) is 0 Å². The van der Waals surface area contributed by atoms with Crippen LogP contribution in [0.4, 0.5) is 0 Å². The van der Waals surface area contributed by atoms with Crippen molar-refractivity contribution in [2.75, 3.05) is 0 Å². The molecule has 1 aromatic heterocycles.